The number of benzene rings is 1. The van der Waals surface area contributed by atoms with Crippen molar-refractivity contribution < 1.29 is 27.2 Å². The zero-order valence-corrected chi connectivity index (χ0v) is 13.8. The molecule has 1 aromatic carbocycles. The number of hydrogen-bond donors (Lipinski definition) is 1. The largest absolute Gasteiger partial charge is 0.609 e. The number of methoxy groups -OCH3 is 1. The highest BCUT2D eigenvalue weighted by Crippen LogP contribution is 2.24. The van der Waals surface area contributed by atoms with Gasteiger partial charge in [-0.15, -0.1) is 0 Å². The third-order valence-electron chi connectivity index (χ3n) is 3.50. The van der Waals surface area contributed by atoms with Crippen molar-refractivity contribution in [2.75, 3.05) is 7.04 Å². The summed E-state index contributed by atoms with van der Waals surface area (Å²) in [4.78, 5) is 8.63. The number of ether oxygens (including phenoxy) is 1. The van der Waals surface area contributed by atoms with Gasteiger partial charge in [0.15, 0.2) is 7.16 Å². The molecule has 4 aromatic rings. The van der Waals surface area contributed by atoms with Crippen LogP contribution in [0.1, 0.15) is 27.7 Å². The van der Waals surface area contributed by atoms with E-state index in [9.17, 15) is 4.55 Å². The van der Waals surface area contributed by atoms with Gasteiger partial charge in [-0.25, -0.2) is 0 Å². The summed E-state index contributed by atoms with van der Waals surface area (Å²) in [7, 11) is -3.15. The molecule has 1 atom stereocenters. The van der Waals surface area contributed by atoms with Crippen LogP contribution in [-0.2, 0) is 16.9 Å². The van der Waals surface area contributed by atoms with E-state index in [1.807, 2.05) is 0 Å². The van der Waals surface area contributed by atoms with E-state index in [1.165, 1.54) is 18.2 Å². The number of fused-ring (bicyclic) bond motifs is 1. The van der Waals surface area contributed by atoms with Crippen molar-refractivity contribution in [3.63, 3.8) is 0 Å². The van der Waals surface area contributed by atoms with Crippen LogP contribution in [0.25, 0.3) is 16.7 Å². The number of pyridine rings is 1. The molecule has 0 saturated carbocycles. The minimum absolute atomic E-state index is 0.106. The maximum absolute atomic E-state index is 13.3. The normalized spacial score (nSPS) is 20.6. The topological polar surface area (TPSA) is 78.8 Å². The van der Waals surface area contributed by atoms with Crippen molar-refractivity contribution in [3.8, 4) is 11.4 Å². The zero-order valence-electron chi connectivity index (χ0n) is 26.0. The molecular formula is C19H18N4O2S. The lowest BCUT2D eigenvalue weighted by Crippen LogP contribution is -2.10. The summed E-state index contributed by atoms with van der Waals surface area (Å²) in [6.07, 6.45) is -1.60. The molecule has 0 radical (unpaired) electrons. The highest BCUT2D eigenvalue weighted by atomic mass is 32.2. The summed E-state index contributed by atoms with van der Waals surface area (Å²) < 4.78 is 120. The Hall–Kier alpha value is -2.77. The minimum Gasteiger partial charge on any atom is -0.609 e. The Labute approximate surface area is 172 Å². The van der Waals surface area contributed by atoms with Gasteiger partial charge in [-0.05, 0) is 43.2 Å². The molecule has 0 saturated heterocycles. The molecule has 26 heavy (non-hydrogen) atoms. The molecule has 132 valence electrons. The van der Waals surface area contributed by atoms with Crippen LogP contribution in [0.2, 0.25) is 1.41 Å². The smallest absolute Gasteiger partial charge is 0.322 e. The van der Waals surface area contributed by atoms with E-state index in [-0.39, 0.29) is 21.9 Å². The number of H-pyrrole nitrogens is 1. The summed E-state index contributed by atoms with van der Waals surface area (Å²) in [6, 6.07) is 2.41. The molecule has 0 fully saturated rings. The SMILES string of the molecule is [2H]c1nc(C[S+]([O-])c2nc3cc(-n4c([2H])c([2H])c([2H])c4[2H])ccc3n2[2H])c(C([2H])([2H])[2H])c(OC([2H])([2H])[2H])c1[2H]. The van der Waals surface area contributed by atoms with E-state index >= 15 is 0 Å². The van der Waals surface area contributed by atoms with Gasteiger partial charge in [0.05, 0.1) is 36.1 Å². The molecule has 3 aromatic heterocycles. The molecular weight excluding hydrogens is 348 g/mol. The van der Waals surface area contributed by atoms with Gasteiger partial charge in [-0.3, -0.25) is 9.96 Å². The van der Waals surface area contributed by atoms with Gasteiger partial charge in [0.2, 0.25) is 0 Å². The van der Waals surface area contributed by atoms with E-state index in [0.717, 1.165) is 9.54 Å². The molecule has 7 heteroatoms. The molecule has 3 heterocycles. The maximum atomic E-state index is 13.3. The van der Waals surface area contributed by atoms with Crippen LogP contribution < -0.4 is 4.74 Å². The van der Waals surface area contributed by atoms with Crippen molar-refractivity contribution in [3.05, 3.63) is 66.1 Å². The second kappa shape index (κ2) is 6.86. The zero-order chi connectivity index (χ0) is 29.2. The van der Waals surface area contributed by atoms with Crippen molar-refractivity contribution in [2.24, 2.45) is 0 Å². The van der Waals surface area contributed by atoms with Crippen LogP contribution in [0.3, 0.4) is 0 Å². The lowest BCUT2D eigenvalue weighted by molar-refractivity contribution is 0.410. The second-order valence-electron chi connectivity index (χ2n) is 5.08. The molecule has 0 spiro atoms. The highest BCUT2D eigenvalue weighted by molar-refractivity contribution is 7.90. The fraction of sp³-hybridized carbons (Fsp3) is 0.158. The van der Waals surface area contributed by atoms with E-state index in [0.29, 0.717) is 0 Å². The van der Waals surface area contributed by atoms with Crippen LogP contribution in [0.4, 0.5) is 0 Å². The molecule has 1 N–H and O–H groups in total. The average molecular weight is 380 g/mol. The van der Waals surface area contributed by atoms with Crippen molar-refractivity contribution in [2.45, 2.75) is 17.8 Å². The third-order valence-corrected chi connectivity index (χ3v) is 4.62. The Morgan fingerprint density at radius 2 is 2.31 bits per heavy atom. The first-order valence-electron chi connectivity index (χ1n) is 13.6. The number of aromatic amines is 1. The molecule has 0 aliphatic rings. The third kappa shape index (κ3) is 3.07. The quantitative estimate of drug-likeness (QED) is 0.539. The monoisotopic (exact) mass is 379 g/mol. The highest BCUT2D eigenvalue weighted by Gasteiger charge is 2.20. The number of imidazole rings is 1. The fourth-order valence-corrected chi connectivity index (χ4v) is 3.24. The van der Waals surface area contributed by atoms with E-state index in [2.05, 4.69) is 9.97 Å². The van der Waals surface area contributed by atoms with Gasteiger partial charge in [0.25, 0.3) is 0 Å². The predicted molar refractivity (Wildman–Crippen MR) is 101 cm³/mol. The van der Waals surface area contributed by atoms with Gasteiger partial charge < -0.3 is 13.9 Å². The molecule has 6 nitrogen and oxygen atoms in total. The van der Waals surface area contributed by atoms with Gasteiger partial charge in [0.1, 0.15) is 5.75 Å². The van der Waals surface area contributed by atoms with Crippen molar-refractivity contribution in [1.82, 2.24) is 19.5 Å². The average Bonchev–Trinajstić information content (AvgIpc) is 3.24. The number of aromatic nitrogens is 4. The van der Waals surface area contributed by atoms with Gasteiger partial charge in [-0.1, -0.05) is 0 Å². The first kappa shape index (κ1) is 7.46. The van der Waals surface area contributed by atoms with Gasteiger partial charge in [0, 0.05) is 45.1 Å². The molecule has 0 aliphatic carbocycles. The summed E-state index contributed by atoms with van der Waals surface area (Å²) >= 11 is -2.26. The first-order chi connectivity index (χ1) is 17.9. The lowest BCUT2D eigenvalue weighted by Gasteiger charge is -2.10. The Morgan fingerprint density at radius 1 is 1.42 bits per heavy atom. The Balaban J connectivity index is 1.79. The number of nitrogens with zero attached hydrogens (tertiary/aromatic N) is 3. The molecule has 4 rings (SSSR count). The van der Waals surface area contributed by atoms with Gasteiger partial charge >= 0.3 is 5.16 Å². The van der Waals surface area contributed by atoms with E-state index < -0.39 is 84.5 Å². The Kier molecular flexibility index (Phi) is 1.97. The van der Waals surface area contributed by atoms with E-state index in [4.69, 9.17) is 22.6 Å². The fourth-order valence-electron chi connectivity index (χ4n) is 2.26. The summed E-state index contributed by atoms with van der Waals surface area (Å²) in [6.45, 7) is -3.06. The van der Waals surface area contributed by atoms with Crippen molar-refractivity contribution in [1.29, 1.82) is 0 Å². The van der Waals surface area contributed by atoms with E-state index in [1.54, 1.807) is 0 Å². The maximum Gasteiger partial charge on any atom is 0.322 e. The van der Waals surface area contributed by atoms with Gasteiger partial charge in [-0.2, -0.15) is 4.98 Å². The summed E-state index contributed by atoms with van der Waals surface area (Å²) in [5, 5.41) is -0.354. The van der Waals surface area contributed by atoms with Crippen LogP contribution in [-0.4, -0.2) is 31.1 Å². The summed E-state index contributed by atoms with van der Waals surface area (Å²) in [5.41, 5.74) is -0.823. The molecule has 0 aliphatic heterocycles. The molecule has 0 bridgehead atoms. The van der Waals surface area contributed by atoms with Crippen LogP contribution >= 0.6 is 0 Å². The van der Waals surface area contributed by atoms with Crippen LogP contribution in [0.15, 0.2) is 60.0 Å². The summed E-state index contributed by atoms with van der Waals surface area (Å²) in [5.74, 6) is -1.61. The molecule has 1 unspecified atom stereocenters. The Bertz CT molecular complexity index is 1570. The van der Waals surface area contributed by atoms with Crippen LogP contribution in [0, 0.1) is 6.85 Å². The number of rotatable bonds is 5. The second-order valence-corrected chi connectivity index (χ2v) is 6.42. The molecule has 0 amide bonds. The lowest BCUT2D eigenvalue weighted by atomic mass is 10.2. The predicted octanol–water partition coefficient (Wildman–Crippen LogP) is 3.37. The van der Waals surface area contributed by atoms with Crippen LogP contribution in [0.5, 0.6) is 5.75 Å². The first-order valence-corrected chi connectivity index (χ1v) is 8.49. The standard InChI is InChI=1S/C19H18N4O2S/c1-13-17(20-8-7-18(13)25-2)12-26(24)19-21-15-6-5-14(11-16(15)22-19)23-9-3-4-10-23/h3-11H,12H2,1-2H3,(H,21,22)/i1D3,2D3,3D,4D,7D,8D,9D,10D/hD. The Morgan fingerprint density at radius 3 is 3.12 bits per heavy atom. The minimum atomic E-state index is -3.15. The number of hydrogen-bond acceptors (Lipinski definition) is 4. The number of nitrogens with one attached hydrogen (secondary N) is 1. The van der Waals surface area contributed by atoms with Crippen molar-refractivity contribution >= 4 is 22.2 Å².